The summed E-state index contributed by atoms with van der Waals surface area (Å²) in [5.41, 5.74) is 8.13. The Kier molecular flexibility index (Phi) is 90.6. The lowest BCUT2D eigenvalue weighted by Crippen LogP contribution is -2.06. The minimum absolute atomic E-state index is 0.500. The Morgan fingerprint density at radius 1 is 0.597 bits per heavy atom. The van der Waals surface area contributed by atoms with Gasteiger partial charge in [-0.05, 0) is 83.5 Å². The van der Waals surface area contributed by atoms with Crippen molar-refractivity contribution in [3.63, 3.8) is 0 Å². The van der Waals surface area contributed by atoms with Crippen LogP contribution in [0.25, 0.3) is 0 Å². The van der Waals surface area contributed by atoms with Crippen molar-refractivity contribution in [3.05, 3.63) is 47.1 Å². The molecule has 1 rings (SSSR count). The Hall–Kier alpha value is -1.04. The molecule has 0 saturated heterocycles. The molecule has 0 aromatic heterocycles. The summed E-state index contributed by atoms with van der Waals surface area (Å²) >= 11 is 0. The Labute approximate surface area is 403 Å². The van der Waals surface area contributed by atoms with Crippen LogP contribution in [0.4, 0.5) is 0 Å². The van der Waals surface area contributed by atoms with E-state index in [-0.39, 0.29) is 0 Å². The first-order valence-corrected chi connectivity index (χ1v) is 27.5. The Balaban J connectivity index is -0.0000000661. The molecule has 0 aliphatic heterocycles. The highest BCUT2D eigenvalue weighted by molar-refractivity contribution is 5.36. The second-order valence-electron chi connectivity index (χ2n) is 19.0. The average Bonchev–Trinajstić information content (AvgIpc) is 3.86. The van der Waals surface area contributed by atoms with Crippen molar-refractivity contribution < 1.29 is 0 Å². The van der Waals surface area contributed by atoms with E-state index in [0.29, 0.717) is 16.7 Å². The van der Waals surface area contributed by atoms with Gasteiger partial charge in [-0.1, -0.05) is 303 Å². The molecule has 0 bridgehead atoms. The summed E-state index contributed by atoms with van der Waals surface area (Å²) in [4.78, 5) is 0. The number of rotatable bonds is 18. The maximum Gasteiger partial charge on any atom is 0.00858 e. The number of hydrogen-bond donors (Lipinski definition) is 0. The van der Waals surface area contributed by atoms with Crippen molar-refractivity contribution in [3.8, 4) is 0 Å². The molecule has 0 aromatic carbocycles. The quantitative estimate of drug-likeness (QED) is 0.0950. The average molecular weight is 882 g/mol. The molecular weight excluding hydrogens is 745 g/mol. The van der Waals surface area contributed by atoms with Gasteiger partial charge < -0.3 is 0 Å². The van der Waals surface area contributed by atoms with Crippen LogP contribution in [0.2, 0.25) is 0 Å². The van der Waals surface area contributed by atoms with E-state index in [4.69, 9.17) is 0 Å². The Morgan fingerprint density at radius 3 is 1.16 bits per heavy atom. The van der Waals surface area contributed by atoms with Crippen LogP contribution >= 0.6 is 0 Å². The molecule has 0 heterocycles. The van der Waals surface area contributed by atoms with Gasteiger partial charge >= 0.3 is 0 Å². The summed E-state index contributed by atoms with van der Waals surface area (Å²) < 4.78 is 0. The standard InChI is InChI=1S/C17H36.C12H22.C8H14.C6H14.C4H8.C4H10.C3H8.4C2H6/c1-5-8-14-17(7-3)15-11-9-10-13-16(4)12-6-2;1-7-12(10(4)5)11(6)8-9(2)3;1-6(2)8(4)5-7(8)3;1-5-6(2,3)4;1-4(2)3;1-3-4-2;1-3-2;4*1-2/h16-17H,5-15H2,1-4H3;11H,2,7-8H2,1,3-6H3;5-6H,1-4H3;5H2,1-4H3;1H2,2-3H3;3-4H2,1-2H3;3H2,1-2H3;4*1-2H3. The van der Waals surface area contributed by atoms with Crippen molar-refractivity contribution in [1.29, 1.82) is 0 Å². The zero-order valence-electron chi connectivity index (χ0n) is 50.8. The minimum atomic E-state index is 0.500. The zero-order chi connectivity index (χ0) is 51.9. The highest BCUT2D eigenvalue weighted by Crippen LogP contribution is 2.49. The molecule has 0 fully saturated rings. The third-order valence-electron chi connectivity index (χ3n) is 10.4. The smallest absolute Gasteiger partial charge is 0.00858 e. The van der Waals surface area contributed by atoms with Gasteiger partial charge in [0.2, 0.25) is 0 Å². The van der Waals surface area contributed by atoms with Gasteiger partial charge in [0.25, 0.3) is 0 Å². The molecule has 0 amide bonds. The first-order valence-electron chi connectivity index (χ1n) is 27.5. The van der Waals surface area contributed by atoms with Crippen LogP contribution in [0.15, 0.2) is 47.1 Å². The lowest BCUT2D eigenvalue weighted by atomic mass is 9.90. The van der Waals surface area contributed by atoms with E-state index >= 15 is 0 Å². The van der Waals surface area contributed by atoms with Gasteiger partial charge in [0, 0.05) is 5.41 Å². The second-order valence-corrected chi connectivity index (χ2v) is 19.0. The van der Waals surface area contributed by atoms with Gasteiger partial charge in [-0.2, -0.15) is 0 Å². The molecule has 62 heavy (non-hydrogen) atoms. The lowest BCUT2D eigenvalue weighted by Gasteiger charge is -2.16. The highest BCUT2D eigenvalue weighted by Gasteiger charge is 2.38. The molecule has 0 radical (unpaired) electrons. The summed E-state index contributed by atoms with van der Waals surface area (Å²) in [5, 5.41) is 0. The molecule has 0 heteroatoms. The molecule has 0 N–H and O–H groups in total. The molecule has 1 aliphatic rings. The fraction of sp³-hybridized carbons (Fsp3) is 0.871. The van der Waals surface area contributed by atoms with Gasteiger partial charge in [-0.15, -0.1) is 13.2 Å². The summed E-state index contributed by atoms with van der Waals surface area (Å²) in [7, 11) is 0. The summed E-state index contributed by atoms with van der Waals surface area (Å²) in [6.45, 7) is 74.5. The molecule has 0 aromatic rings. The number of unbranched alkanes of at least 4 members (excludes halogenated alkanes) is 4. The summed E-state index contributed by atoms with van der Waals surface area (Å²) in [6.07, 6.45) is 25.6. The highest BCUT2D eigenvalue weighted by atomic mass is 14.4. The van der Waals surface area contributed by atoms with Crippen LogP contribution in [0.1, 0.15) is 324 Å². The predicted octanol–water partition coefficient (Wildman–Crippen LogP) is 24.9. The monoisotopic (exact) mass is 881 g/mol. The van der Waals surface area contributed by atoms with E-state index in [1.165, 1.54) is 119 Å². The predicted molar refractivity (Wildman–Crippen MR) is 307 cm³/mol. The van der Waals surface area contributed by atoms with Crippen LogP contribution in [0.3, 0.4) is 0 Å². The van der Waals surface area contributed by atoms with Crippen LogP contribution in [-0.4, -0.2) is 0 Å². The lowest BCUT2D eigenvalue weighted by molar-refractivity contribution is 0.390. The molecule has 4 unspecified atom stereocenters. The van der Waals surface area contributed by atoms with Gasteiger partial charge in [-0.25, -0.2) is 0 Å². The maximum absolute atomic E-state index is 3.95. The van der Waals surface area contributed by atoms with Crippen LogP contribution < -0.4 is 0 Å². The van der Waals surface area contributed by atoms with E-state index in [0.717, 1.165) is 24.2 Å². The third-order valence-corrected chi connectivity index (χ3v) is 10.4. The van der Waals surface area contributed by atoms with Crippen LogP contribution in [0, 0.1) is 34.5 Å². The topological polar surface area (TPSA) is 0 Å². The first-order chi connectivity index (χ1) is 28.9. The Bertz CT molecular complexity index is 845. The molecule has 0 saturated carbocycles. The number of allylic oxidation sites excluding steroid dienone is 6. The van der Waals surface area contributed by atoms with Gasteiger partial charge in [0.15, 0.2) is 0 Å². The second kappa shape index (κ2) is 66.6. The maximum atomic E-state index is 3.95. The van der Waals surface area contributed by atoms with Crippen molar-refractivity contribution in [2.75, 3.05) is 0 Å². The fourth-order valence-corrected chi connectivity index (χ4v) is 5.66. The van der Waals surface area contributed by atoms with E-state index < -0.39 is 0 Å². The molecule has 4 atom stereocenters. The van der Waals surface area contributed by atoms with Crippen molar-refractivity contribution in [2.45, 2.75) is 324 Å². The summed E-state index contributed by atoms with van der Waals surface area (Å²) in [6, 6.07) is 0. The van der Waals surface area contributed by atoms with Gasteiger partial charge in [0.05, 0.1) is 0 Å². The molecule has 384 valence electrons. The molecular formula is C62H136. The van der Waals surface area contributed by atoms with Crippen LogP contribution in [0.5, 0.6) is 0 Å². The minimum Gasteiger partial charge on any atom is -0.100 e. The molecule has 1 aliphatic carbocycles. The number of hydrogen-bond acceptors (Lipinski definition) is 0. The van der Waals surface area contributed by atoms with Gasteiger partial charge in [0.1, 0.15) is 0 Å². The van der Waals surface area contributed by atoms with Crippen molar-refractivity contribution in [1.82, 2.24) is 0 Å². The van der Waals surface area contributed by atoms with E-state index in [9.17, 15) is 0 Å². The van der Waals surface area contributed by atoms with E-state index in [1.807, 2.05) is 69.2 Å². The zero-order valence-corrected chi connectivity index (χ0v) is 50.8. The largest absolute Gasteiger partial charge is 0.100 e. The van der Waals surface area contributed by atoms with Gasteiger partial charge in [-0.3, -0.25) is 0 Å². The van der Waals surface area contributed by atoms with Crippen molar-refractivity contribution in [2.24, 2.45) is 34.5 Å². The molecule has 0 nitrogen and oxygen atoms in total. The summed E-state index contributed by atoms with van der Waals surface area (Å²) in [5.74, 6) is 3.45. The fourth-order valence-electron chi connectivity index (χ4n) is 5.66. The van der Waals surface area contributed by atoms with Crippen LogP contribution in [-0.2, 0) is 0 Å². The third kappa shape index (κ3) is 82.6. The van der Waals surface area contributed by atoms with E-state index in [1.54, 1.807) is 11.1 Å². The van der Waals surface area contributed by atoms with Crippen molar-refractivity contribution >= 4 is 0 Å². The Morgan fingerprint density at radius 2 is 0.952 bits per heavy atom. The molecule has 0 spiro atoms. The first kappa shape index (κ1) is 84.4. The SMILES string of the molecule is C=C(C)C.C=C(C)CC(C)C(CC)=C(C)C.CC.CC.CC.CC.CC1=CC1(C)C(C)C.CCC.CCC(C)(C)C.CCCC.CCCCC(CC)CCCCCC(C)CCC. The normalized spacial score (nSPS) is 13.8. The van der Waals surface area contributed by atoms with E-state index in [2.05, 4.69) is 165 Å².